The van der Waals surface area contributed by atoms with Gasteiger partial charge < -0.3 is 14.8 Å². The van der Waals surface area contributed by atoms with Crippen molar-refractivity contribution in [2.75, 3.05) is 43.6 Å². The Morgan fingerprint density at radius 2 is 1.85 bits per heavy atom. The fourth-order valence-corrected chi connectivity index (χ4v) is 5.60. The molecule has 2 aromatic carbocycles. The average Bonchev–Trinajstić information content (AvgIpc) is 3.09. The summed E-state index contributed by atoms with van der Waals surface area (Å²) in [5, 5.41) is 3.46. The molecule has 0 saturated carbocycles. The molecule has 2 aliphatic heterocycles. The first-order valence-corrected chi connectivity index (χ1v) is 12.2. The molecule has 0 aliphatic carbocycles. The number of ether oxygens (including phenoxy) is 2. The van der Waals surface area contributed by atoms with Crippen molar-refractivity contribution in [3.05, 3.63) is 47.0 Å². The molecule has 0 spiro atoms. The largest absolute Gasteiger partial charge is 0.495 e. The molecule has 33 heavy (non-hydrogen) atoms. The van der Waals surface area contributed by atoms with Crippen LogP contribution in [0.4, 0.5) is 11.4 Å². The third-order valence-electron chi connectivity index (χ3n) is 5.65. The summed E-state index contributed by atoms with van der Waals surface area (Å²) in [7, 11) is -2.44. The minimum Gasteiger partial charge on any atom is -0.495 e. The molecule has 176 valence electrons. The van der Waals surface area contributed by atoms with E-state index in [1.165, 1.54) is 23.5 Å². The molecule has 11 heteroatoms. The Bertz CT molecular complexity index is 1200. The van der Waals surface area contributed by atoms with Gasteiger partial charge in [-0.25, -0.2) is 13.3 Å². The van der Waals surface area contributed by atoms with Crippen molar-refractivity contribution in [2.45, 2.75) is 24.3 Å². The number of hydrogen-bond acceptors (Lipinski definition) is 7. The number of morpholine rings is 1. The van der Waals surface area contributed by atoms with Crippen LogP contribution >= 0.6 is 11.6 Å². The van der Waals surface area contributed by atoms with Crippen molar-refractivity contribution < 1.29 is 27.5 Å². The van der Waals surface area contributed by atoms with E-state index in [9.17, 15) is 18.0 Å². The van der Waals surface area contributed by atoms with E-state index in [0.29, 0.717) is 29.6 Å². The van der Waals surface area contributed by atoms with Crippen LogP contribution in [0.5, 0.6) is 5.75 Å². The van der Waals surface area contributed by atoms with Crippen molar-refractivity contribution in [3.63, 3.8) is 0 Å². The maximum atomic E-state index is 13.2. The number of carbonyl (C=O) groups excluding carboxylic acids is 2. The van der Waals surface area contributed by atoms with Crippen LogP contribution in [-0.2, 0) is 24.3 Å². The molecule has 2 fully saturated rings. The molecule has 9 nitrogen and oxygen atoms in total. The number of halogens is 1. The van der Waals surface area contributed by atoms with Crippen molar-refractivity contribution in [1.82, 2.24) is 4.31 Å². The van der Waals surface area contributed by atoms with Crippen LogP contribution in [0.2, 0.25) is 5.02 Å². The molecular formula is C22H24ClN3O6S. The average molecular weight is 494 g/mol. The quantitative estimate of drug-likeness (QED) is 0.616. The van der Waals surface area contributed by atoms with E-state index in [2.05, 4.69) is 5.32 Å². The van der Waals surface area contributed by atoms with E-state index in [4.69, 9.17) is 21.1 Å². The number of aryl methyl sites for hydroxylation is 1. The molecule has 2 amide bonds. The highest BCUT2D eigenvalue weighted by atomic mass is 35.5. The molecule has 2 aliphatic rings. The van der Waals surface area contributed by atoms with Gasteiger partial charge in [0.2, 0.25) is 15.9 Å². The molecule has 0 radical (unpaired) electrons. The molecule has 2 heterocycles. The maximum absolute atomic E-state index is 13.2. The Labute approximate surface area is 197 Å². The van der Waals surface area contributed by atoms with Gasteiger partial charge in [-0.3, -0.25) is 9.59 Å². The summed E-state index contributed by atoms with van der Waals surface area (Å²) < 4.78 is 38.2. The van der Waals surface area contributed by atoms with E-state index in [1.54, 1.807) is 24.3 Å². The number of nitrogens with zero attached hydrogens (tertiary/aromatic N) is 2. The number of hydrogen-bond donors (Lipinski definition) is 1. The van der Waals surface area contributed by atoms with Gasteiger partial charge in [-0.2, -0.15) is 4.31 Å². The van der Waals surface area contributed by atoms with Gasteiger partial charge in [0.05, 0.1) is 32.4 Å². The zero-order valence-electron chi connectivity index (χ0n) is 18.2. The molecule has 0 aromatic heterocycles. The summed E-state index contributed by atoms with van der Waals surface area (Å²) in [5.74, 6) is -0.614. The molecule has 2 saturated heterocycles. The number of anilines is 2. The SMILES string of the molecule is COc1ccc(NC2CC(=O)N(c3ccc(C)c(Cl)c3)C2=O)cc1S(=O)(=O)N1CCOCC1. The van der Waals surface area contributed by atoms with Crippen LogP contribution in [0.3, 0.4) is 0 Å². The molecule has 4 rings (SSSR count). The Morgan fingerprint density at radius 3 is 2.52 bits per heavy atom. The molecule has 0 bridgehead atoms. The zero-order valence-corrected chi connectivity index (χ0v) is 19.8. The van der Waals surface area contributed by atoms with Gasteiger partial charge >= 0.3 is 0 Å². The van der Waals surface area contributed by atoms with Gasteiger partial charge in [-0.15, -0.1) is 0 Å². The van der Waals surface area contributed by atoms with Crippen LogP contribution in [0.25, 0.3) is 0 Å². The summed E-state index contributed by atoms with van der Waals surface area (Å²) in [6.07, 6.45) is -0.0676. The molecule has 2 aromatic rings. The second-order valence-electron chi connectivity index (χ2n) is 7.78. The highest BCUT2D eigenvalue weighted by Gasteiger charge is 2.40. The monoisotopic (exact) mass is 493 g/mol. The standard InChI is InChI=1S/C22H24ClN3O6S/c1-14-3-5-16(12-17(14)23)26-21(27)13-18(22(26)28)24-15-4-6-19(31-2)20(11-15)33(29,30)25-7-9-32-10-8-25/h3-6,11-12,18,24H,7-10,13H2,1-2H3. The van der Waals surface area contributed by atoms with Crippen molar-refractivity contribution in [2.24, 2.45) is 0 Å². The summed E-state index contributed by atoms with van der Waals surface area (Å²) in [6, 6.07) is 8.70. The lowest BCUT2D eigenvalue weighted by molar-refractivity contribution is -0.121. The van der Waals surface area contributed by atoms with Crippen molar-refractivity contribution >= 4 is 44.8 Å². The van der Waals surface area contributed by atoms with Gasteiger partial charge in [0, 0.05) is 23.8 Å². The molecule has 1 N–H and O–H groups in total. The third kappa shape index (κ3) is 4.56. The summed E-state index contributed by atoms with van der Waals surface area (Å²) in [4.78, 5) is 26.7. The van der Waals surface area contributed by atoms with E-state index in [-0.39, 0.29) is 36.1 Å². The lowest BCUT2D eigenvalue weighted by Gasteiger charge is -2.27. The maximum Gasteiger partial charge on any atom is 0.256 e. The van der Waals surface area contributed by atoms with Gasteiger partial charge in [0.1, 0.15) is 16.7 Å². The lowest BCUT2D eigenvalue weighted by atomic mass is 10.2. The predicted molar refractivity (Wildman–Crippen MR) is 123 cm³/mol. The number of sulfonamides is 1. The van der Waals surface area contributed by atoms with Crippen LogP contribution in [0.1, 0.15) is 12.0 Å². The Kier molecular flexibility index (Phi) is 6.62. The van der Waals surface area contributed by atoms with Crippen molar-refractivity contribution in [1.29, 1.82) is 0 Å². The number of carbonyl (C=O) groups is 2. The number of benzene rings is 2. The van der Waals surface area contributed by atoms with Crippen LogP contribution in [0, 0.1) is 6.92 Å². The van der Waals surface area contributed by atoms with Gasteiger partial charge in [-0.05, 0) is 42.8 Å². The second-order valence-corrected chi connectivity index (χ2v) is 10.1. The molecular weight excluding hydrogens is 470 g/mol. The minimum absolute atomic E-state index is 0.0177. The first kappa shape index (κ1) is 23.5. The first-order valence-electron chi connectivity index (χ1n) is 10.4. The molecule has 1 atom stereocenters. The van der Waals surface area contributed by atoms with E-state index < -0.39 is 22.0 Å². The Balaban J connectivity index is 1.59. The summed E-state index contributed by atoms with van der Waals surface area (Å²) in [5.41, 5.74) is 1.62. The summed E-state index contributed by atoms with van der Waals surface area (Å²) in [6.45, 7) is 2.95. The van der Waals surface area contributed by atoms with Gasteiger partial charge in [0.15, 0.2) is 0 Å². The minimum atomic E-state index is -3.84. The van der Waals surface area contributed by atoms with Crippen LogP contribution in [0.15, 0.2) is 41.3 Å². The Morgan fingerprint density at radius 1 is 1.12 bits per heavy atom. The zero-order chi connectivity index (χ0) is 23.8. The fraction of sp³-hybridized carbons (Fsp3) is 0.364. The van der Waals surface area contributed by atoms with E-state index >= 15 is 0 Å². The van der Waals surface area contributed by atoms with E-state index in [1.807, 2.05) is 6.92 Å². The normalized spacial score (nSPS) is 19.7. The van der Waals surface area contributed by atoms with E-state index in [0.717, 1.165) is 10.5 Å². The smallest absolute Gasteiger partial charge is 0.256 e. The Hall–Kier alpha value is -2.66. The third-order valence-corrected chi connectivity index (χ3v) is 7.98. The fourth-order valence-electron chi connectivity index (χ4n) is 3.83. The highest BCUT2D eigenvalue weighted by Crippen LogP contribution is 2.32. The second kappa shape index (κ2) is 9.30. The topological polar surface area (TPSA) is 105 Å². The highest BCUT2D eigenvalue weighted by molar-refractivity contribution is 7.89. The number of amides is 2. The summed E-state index contributed by atoms with van der Waals surface area (Å²) >= 11 is 6.16. The first-order chi connectivity index (χ1) is 15.7. The van der Waals surface area contributed by atoms with Crippen LogP contribution in [-0.4, -0.2) is 64.0 Å². The number of methoxy groups -OCH3 is 1. The lowest BCUT2D eigenvalue weighted by Crippen LogP contribution is -2.40. The number of nitrogens with one attached hydrogen (secondary N) is 1. The van der Waals surface area contributed by atoms with Gasteiger partial charge in [-0.1, -0.05) is 17.7 Å². The van der Waals surface area contributed by atoms with Crippen LogP contribution < -0.4 is 15.0 Å². The molecule has 1 unspecified atom stereocenters. The number of rotatable bonds is 6. The van der Waals surface area contributed by atoms with Gasteiger partial charge in [0.25, 0.3) is 5.91 Å². The number of imide groups is 1. The predicted octanol–water partition coefficient (Wildman–Crippen LogP) is 2.42. The van der Waals surface area contributed by atoms with Crippen molar-refractivity contribution in [3.8, 4) is 5.75 Å².